The maximum absolute atomic E-state index is 13.7. The molecule has 0 saturated carbocycles. The standard InChI is InChI=1S/C10H12FN5O3/c1-7(2)16(19)6-14(12-13-16)10-5-8(15(17)18)3-4-9(10)11/h3-5,7H,6H2,1-2H3. The van der Waals surface area contributed by atoms with Gasteiger partial charge in [-0.15, -0.1) is 0 Å². The first-order valence-electron chi connectivity index (χ1n) is 5.57. The molecule has 1 heterocycles. The molecule has 1 aliphatic heterocycles. The average Bonchev–Trinajstić information content (AvgIpc) is 2.73. The molecular weight excluding hydrogens is 257 g/mol. The smallest absolute Gasteiger partial charge is 0.271 e. The Balaban J connectivity index is 2.32. The molecule has 19 heavy (non-hydrogen) atoms. The minimum absolute atomic E-state index is 0.130. The first-order chi connectivity index (χ1) is 8.83. The number of nitro benzene ring substituents is 1. The highest BCUT2D eigenvalue weighted by Gasteiger charge is 2.33. The lowest BCUT2D eigenvalue weighted by atomic mass is 10.2. The minimum Gasteiger partial charge on any atom is -0.602 e. The van der Waals surface area contributed by atoms with Crippen LogP contribution in [0.3, 0.4) is 0 Å². The Morgan fingerprint density at radius 1 is 1.53 bits per heavy atom. The number of hydrogen-bond donors (Lipinski definition) is 0. The highest BCUT2D eigenvalue weighted by molar-refractivity contribution is 5.53. The van der Waals surface area contributed by atoms with Gasteiger partial charge in [0.1, 0.15) is 17.5 Å². The summed E-state index contributed by atoms with van der Waals surface area (Å²) >= 11 is 0. The van der Waals surface area contributed by atoms with E-state index in [4.69, 9.17) is 0 Å². The van der Waals surface area contributed by atoms with Gasteiger partial charge in [0.2, 0.25) is 6.67 Å². The van der Waals surface area contributed by atoms with Gasteiger partial charge < -0.3 is 5.21 Å². The molecule has 9 heteroatoms. The fraction of sp³-hybridized carbons (Fsp3) is 0.400. The lowest BCUT2D eigenvalue weighted by molar-refractivity contribution is -0.903. The number of nitro groups is 1. The van der Waals surface area contributed by atoms with Crippen molar-refractivity contribution >= 4 is 11.4 Å². The van der Waals surface area contributed by atoms with Crippen molar-refractivity contribution in [3.8, 4) is 0 Å². The average molecular weight is 269 g/mol. The summed E-state index contributed by atoms with van der Waals surface area (Å²) in [6.07, 6.45) is 0. The molecule has 0 spiro atoms. The van der Waals surface area contributed by atoms with Crippen molar-refractivity contribution in [2.75, 3.05) is 11.7 Å². The van der Waals surface area contributed by atoms with Crippen molar-refractivity contribution in [3.63, 3.8) is 0 Å². The first kappa shape index (κ1) is 13.3. The highest BCUT2D eigenvalue weighted by atomic mass is 19.1. The van der Waals surface area contributed by atoms with E-state index in [0.717, 1.165) is 23.2 Å². The molecule has 0 aromatic heterocycles. The van der Waals surface area contributed by atoms with E-state index in [0.29, 0.717) is 0 Å². The topological polar surface area (TPSA) is 94.2 Å². The molecule has 0 N–H and O–H groups in total. The Bertz CT molecular complexity index is 550. The predicted octanol–water partition coefficient (Wildman–Crippen LogP) is 2.52. The minimum atomic E-state index is -0.970. The quantitative estimate of drug-likeness (QED) is 0.364. The summed E-state index contributed by atoms with van der Waals surface area (Å²) in [5.74, 6) is -0.693. The predicted molar refractivity (Wildman–Crippen MR) is 64.0 cm³/mol. The molecule has 2 rings (SSSR count). The molecule has 1 aromatic carbocycles. The van der Waals surface area contributed by atoms with Gasteiger partial charge in [0.25, 0.3) is 5.69 Å². The number of hydrogen-bond acceptors (Lipinski definition) is 6. The number of rotatable bonds is 3. The summed E-state index contributed by atoms with van der Waals surface area (Å²) in [7, 11) is 0. The van der Waals surface area contributed by atoms with Crippen LogP contribution in [0.2, 0.25) is 0 Å². The number of anilines is 1. The van der Waals surface area contributed by atoms with Crippen LogP contribution in [0, 0.1) is 21.1 Å². The van der Waals surface area contributed by atoms with Crippen molar-refractivity contribution in [2.45, 2.75) is 19.9 Å². The molecule has 0 amide bonds. The Kier molecular flexibility index (Phi) is 3.16. The summed E-state index contributed by atoms with van der Waals surface area (Å²) in [6.45, 7) is 3.12. The molecule has 1 atom stereocenters. The Labute approximate surface area is 108 Å². The summed E-state index contributed by atoms with van der Waals surface area (Å²) in [4.78, 5) is 10.0. The van der Waals surface area contributed by atoms with E-state index in [-0.39, 0.29) is 24.1 Å². The van der Waals surface area contributed by atoms with Crippen molar-refractivity contribution in [3.05, 3.63) is 39.3 Å². The number of quaternary nitrogens is 1. The Morgan fingerprint density at radius 3 is 2.74 bits per heavy atom. The van der Waals surface area contributed by atoms with E-state index in [9.17, 15) is 19.7 Å². The fourth-order valence-electron chi connectivity index (χ4n) is 1.57. The largest absolute Gasteiger partial charge is 0.602 e. The van der Waals surface area contributed by atoms with E-state index < -0.39 is 15.5 Å². The van der Waals surface area contributed by atoms with Crippen LogP contribution in [0.4, 0.5) is 15.8 Å². The second-order valence-corrected chi connectivity index (χ2v) is 4.46. The SMILES string of the molecule is CC(C)[N+]1([O-])CN(c2cc([N+](=O)[O-])ccc2F)N=N1. The molecule has 1 aliphatic rings. The van der Waals surface area contributed by atoms with Crippen molar-refractivity contribution in [1.29, 1.82) is 0 Å². The van der Waals surface area contributed by atoms with Gasteiger partial charge in [-0.1, -0.05) is 0 Å². The number of halogens is 1. The van der Waals surface area contributed by atoms with Crippen molar-refractivity contribution < 1.29 is 14.1 Å². The van der Waals surface area contributed by atoms with Crippen LogP contribution in [0.1, 0.15) is 13.8 Å². The van der Waals surface area contributed by atoms with E-state index in [1.807, 2.05) is 0 Å². The lowest BCUT2D eigenvalue weighted by Gasteiger charge is -2.34. The number of nitrogens with zero attached hydrogens (tertiary/aromatic N) is 5. The molecule has 0 fully saturated rings. The Morgan fingerprint density at radius 2 is 2.21 bits per heavy atom. The molecule has 0 aliphatic carbocycles. The third kappa shape index (κ3) is 2.37. The van der Waals surface area contributed by atoms with Crippen molar-refractivity contribution in [1.82, 2.24) is 0 Å². The third-order valence-corrected chi connectivity index (χ3v) is 2.86. The summed E-state index contributed by atoms with van der Waals surface area (Å²) < 4.78 is 12.7. The number of benzene rings is 1. The molecule has 0 bridgehead atoms. The lowest BCUT2D eigenvalue weighted by Crippen LogP contribution is -2.44. The van der Waals surface area contributed by atoms with E-state index in [2.05, 4.69) is 10.4 Å². The third-order valence-electron chi connectivity index (χ3n) is 2.86. The fourth-order valence-corrected chi connectivity index (χ4v) is 1.57. The zero-order chi connectivity index (χ0) is 14.2. The van der Waals surface area contributed by atoms with E-state index in [1.54, 1.807) is 13.8 Å². The zero-order valence-corrected chi connectivity index (χ0v) is 10.4. The Hall–Kier alpha value is -2.13. The molecule has 1 unspecified atom stereocenters. The van der Waals surface area contributed by atoms with Crippen LogP contribution >= 0.6 is 0 Å². The summed E-state index contributed by atoms with van der Waals surface area (Å²) in [5.41, 5.74) is -0.401. The highest BCUT2D eigenvalue weighted by Crippen LogP contribution is 2.30. The maximum Gasteiger partial charge on any atom is 0.271 e. The van der Waals surface area contributed by atoms with Gasteiger partial charge in [0.15, 0.2) is 0 Å². The van der Waals surface area contributed by atoms with Crippen LogP contribution < -0.4 is 5.01 Å². The van der Waals surface area contributed by atoms with Gasteiger partial charge in [-0.25, -0.2) is 4.39 Å². The number of hydroxylamine groups is 2. The molecule has 8 nitrogen and oxygen atoms in total. The number of non-ortho nitro benzene ring substituents is 1. The zero-order valence-electron chi connectivity index (χ0n) is 10.4. The van der Waals surface area contributed by atoms with Crippen LogP contribution in [-0.2, 0) is 0 Å². The molecule has 1 aromatic rings. The van der Waals surface area contributed by atoms with Gasteiger partial charge >= 0.3 is 0 Å². The van der Waals surface area contributed by atoms with Gasteiger partial charge in [-0.05, 0) is 25.1 Å². The molecule has 0 radical (unpaired) electrons. The second kappa shape index (κ2) is 4.52. The van der Waals surface area contributed by atoms with Crippen LogP contribution in [0.5, 0.6) is 0 Å². The second-order valence-electron chi connectivity index (χ2n) is 4.46. The van der Waals surface area contributed by atoms with Crippen LogP contribution in [0.15, 0.2) is 28.6 Å². The van der Waals surface area contributed by atoms with Gasteiger partial charge in [0, 0.05) is 12.1 Å². The summed E-state index contributed by atoms with van der Waals surface area (Å²) in [6, 6.07) is 2.67. The van der Waals surface area contributed by atoms with Crippen molar-refractivity contribution in [2.24, 2.45) is 10.4 Å². The van der Waals surface area contributed by atoms with Gasteiger partial charge in [-0.3, -0.25) is 10.1 Å². The normalized spacial score (nSPS) is 22.3. The first-order valence-corrected chi connectivity index (χ1v) is 5.57. The molecular formula is C10H12FN5O3. The van der Waals surface area contributed by atoms with E-state index >= 15 is 0 Å². The monoisotopic (exact) mass is 269 g/mol. The maximum atomic E-state index is 13.7. The van der Waals surface area contributed by atoms with Crippen LogP contribution in [0.25, 0.3) is 0 Å². The van der Waals surface area contributed by atoms with Crippen LogP contribution in [-0.4, -0.2) is 22.4 Å². The molecule has 0 saturated heterocycles. The summed E-state index contributed by atoms with van der Waals surface area (Å²) in [5, 5.41) is 30.9. The molecule has 102 valence electrons. The van der Waals surface area contributed by atoms with Gasteiger partial charge in [-0.2, -0.15) is 9.76 Å². The van der Waals surface area contributed by atoms with Gasteiger partial charge in [0.05, 0.1) is 10.1 Å². The van der Waals surface area contributed by atoms with E-state index in [1.165, 1.54) is 0 Å².